The van der Waals surface area contributed by atoms with Gasteiger partial charge in [0.25, 0.3) is 0 Å². The molecule has 10 atom stereocenters. The Kier molecular flexibility index (Phi) is 5.39. The predicted molar refractivity (Wildman–Crippen MR) is 118 cm³/mol. The number of aliphatic hydroxyl groups is 3. The fourth-order valence-electron chi connectivity index (χ4n) is 9.89. The van der Waals surface area contributed by atoms with E-state index in [2.05, 4.69) is 13.8 Å². The highest BCUT2D eigenvalue weighted by Gasteiger charge is 2.73. The number of hydrogen-bond acceptors (Lipinski definition) is 5. The van der Waals surface area contributed by atoms with E-state index in [0.29, 0.717) is 36.0 Å². The van der Waals surface area contributed by atoms with Crippen LogP contribution < -0.4 is 0 Å². The van der Waals surface area contributed by atoms with Gasteiger partial charge >= 0.3 is 0 Å². The van der Waals surface area contributed by atoms with E-state index in [1.54, 1.807) is 14.2 Å². The Morgan fingerprint density at radius 1 is 0.839 bits per heavy atom. The second-order valence-electron chi connectivity index (χ2n) is 12.3. The molecule has 0 aromatic carbocycles. The van der Waals surface area contributed by atoms with Gasteiger partial charge in [0, 0.05) is 27.1 Å². The predicted octanol–water partition coefficient (Wildman–Crippen LogP) is 3.88. The average Bonchev–Trinajstić information content (AvgIpc) is 2.83. The van der Waals surface area contributed by atoms with Gasteiger partial charge in [0.15, 0.2) is 6.29 Å². The molecular formula is C26H44O5. The first-order valence-corrected chi connectivity index (χ1v) is 12.8. The van der Waals surface area contributed by atoms with Crippen LogP contribution in [0.5, 0.6) is 0 Å². The van der Waals surface area contributed by atoms with Crippen LogP contribution in [0.2, 0.25) is 0 Å². The largest absolute Gasteiger partial charge is 0.393 e. The third kappa shape index (κ3) is 2.86. The summed E-state index contributed by atoms with van der Waals surface area (Å²) in [6.07, 6.45) is 9.53. The Hall–Kier alpha value is -0.200. The highest BCUT2D eigenvalue weighted by atomic mass is 16.7. The van der Waals surface area contributed by atoms with Crippen LogP contribution in [0.25, 0.3) is 0 Å². The molecule has 0 unspecified atom stereocenters. The van der Waals surface area contributed by atoms with Gasteiger partial charge in [-0.2, -0.15) is 0 Å². The zero-order valence-electron chi connectivity index (χ0n) is 20.0. The summed E-state index contributed by atoms with van der Waals surface area (Å²) in [5.74, 6) is 2.66. The van der Waals surface area contributed by atoms with Crippen molar-refractivity contribution in [2.75, 3.05) is 14.2 Å². The monoisotopic (exact) mass is 436 g/mol. The molecule has 178 valence electrons. The van der Waals surface area contributed by atoms with Gasteiger partial charge in [0.1, 0.15) is 0 Å². The zero-order valence-corrected chi connectivity index (χ0v) is 20.0. The molecule has 0 heterocycles. The Morgan fingerprint density at radius 3 is 2.16 bits per heavy atom. The van der Waals surface area contributed by atoms with Gasteiger partial charge < -0.3 is 24.8 Å². The standard InChI is InChI=1S/C26H44O5/c1-23-11-7-16(27)15-25(23,28)13-8-18-19(23)9-12-24(2)22(18)17-5-6-20(17)26(24,29)14-10-21(30-3)31-4/h16-22,27-29H,5-15H2,1-4H3/t16-,17+,18+,19-,20-,22-,23+,24-,25-,26-/m0/s1. The summed E-state index contributed by atoms with van der Waals surface area (Å²) in [5.41, 5.74) is -1.53. The third-order valence-electron chi connectivity index (χ3n) is 11.7. The molecule has 5 nitrogen and oxygen atoms in total. The number of ether oxygens (including phenoxy) is 2. The minimum atomic E-state index is -0.725. The number of methoxy groups -OCH3 is 2. The molecule has 5 saturated carbocycles. The topological polar surface area (TPSA) is 79.2 Å². The molecular weight excluding hydrogens is 392 g/mol. The number of aliphatic hydroxyl groups excluding tert-OH is 1. The second-order valence-corrected chi connectivity index (χ2v) is 12.3. The fourth-order valence-corrected chi connectivity index (χ4v) is 9.89. The van der Waals surface area contributed by atoms with E-state index in [4.69, 9.17) is 9.47 Å². The van der Waals surface area contributed by atoms with Crippen molar-refractivity contribution in [1.29, 1.82) is 0 Å². The molecule has 5 fully saturated rings. The Morgan fingerprint density at radius 2 is 1.52 bits per heavy atom. The summed E-state index contributed by atoms with van der Waals surface area (Å²) in [6, 6.07) is 0. The van der Waals surface area contributed by atoms with Crippen LogP contribution in [0.3, 0.4) is 0 Å². The van der Waals surface area contributed by atoms with E-state index in [1.165, 1.54) is 6.42 Å². The normalized spacial score (nSPS) is 55.7. The van der Waals surface area contributed by atoms with Crippen molar-refractivity contribution in [3.63, 3.8) is 0 Å². The van der Waals surface area contributed by atoms with Gasteiger partial charge in [-0.25, -0.2) is 0 Å². The molecule has 0 aromatic heterocycles. The van der Waals surface area contributed by atoms with Gasteiger partial charge in [-0.1, -0.05) is 13.8 Å². The molecule has 0 aliphatic heterocycles. The first kappa shape index (κ1) is 22.6. The van der Waals surface area contributed by atoms with Gasteiger partial charge in [-0.05, 0) is 98.2 Å². The van der Waals surface area contributed by atoms with E-state index >= 15 is 0 Å². The molecule has 0 spiro atoms. The Balaban J connectivity index is 1.44. The lowest BCUT2D eigenvalue weighted by atomic mass is 9.42. The van der Waals surface area contributed by atoms with Crippen LogP contribution in [-0.2, 0) is 9.47 Å². The van der Waals surface area contributed by atoms with Gasteiger partial charge in [0.05, 0.1) is 17.3 Å². The van der Waals surface area contributed by atoms with Crippen molar-refractivity contribution in [2.24, 2.45) is 40.4 Å². The van der Waals surface area contributed by atoms with Crippen LogP contribution in [0.1, 0.15) is 84.5 Å². The molecule has 0 bridgehead atoms. The maximum Gasteiger partial charge on any atom is 0.156 e. The van der Waals surface area contributed by atoms with E-state index < -0.39 is 11.2 Å². The van der Waals surface area contributed by atoms with Crippen molar-refractivity contribution >= 4 is 0 Å². The van der Waals surface area contributed by atoms with Crippen molar-refractivity contribution in [3.8, 4) is 0 Å². The van der Waals surface area contributed by atoms with Crippen LogP contribution in [0, 0.1) is 40.4 Å². The number of fused-ring (bicyclic) bond motifs is 7. The number of hydrogen-bond donors (Lipinski definition) is 3. The van der Waals surface area contributed by atoms with Crippen LogP contribution in [-0.4, -0.2) is 53.1 Å². The van der Waals surface area contributed by atoms with Gasteiger partial charge in [-0.3, -0.25) is 0 Å². The first-order chi connectivity index (χ1) is 14.6. The molecule has 5 heteroatoms. The summed E-state index contributed by atoms with van der Waals surface area (Å²) in [7, 11) is 3.36. The minimum Gasteiger partial charge on any atom is -0.393 e. The minimum absolute atomic E-state index is 0.0635. The van der Waals surface area contributed by atoms with Gasteiger partial charge in [0.2, 0.25) is 0 Å². The Labute approximate surface area is 187 Å². The summed E-state index contributed by atoms with van der Waals surface area (Å²) in [5, 5.41) is 34.2. The lowest BCUT2D eigenvalue weighted by Crippen LogP contribution is -2.64. The summed E-state index contributed by atoms with van der Waals surface area (Å²) in [6.45, 7) is 4.70. The first-order valence-electron chi connectivity index (χ1n) is 12.8. The second kappa shape index (κ2) is 7.40. The molecule has 31 heavy (non-hydrogen) atoms. The SMILES string of the molecule is COC(CC[C@]1(O)[C@H]2CC[C@H]2[C@H]2[C@@H]3CC[C@]4(O)C[C@@H](O)CC[C@]4(C)[C@H]3CC[C@@]21C)OC. The Bertz CT molecular complexity index is 695. The summed E-state index contributed by atoms with van der Waals surface area (Å²) >= 11 is 0. The molecule has 0 radical (unpaired) electrons. The maximum atomic E-state index is 12.3. The zero-order chi connectivity index (χ0) is 22.2. The molecule has 5 aliphatic carbocycles. The van der Waals surface area contributed by atoms with E-state index in [9.17, 15) is 15.3 Å². The van der Waals surface area contributed by atoms with Crippen LogP contribution in [0.15, 0.2) is 0 Å². The van der Waals surface area contributed by atoms with Crippen molar-refractivity contribution < 1.29 is 24.8 Å². The smallest absolute Gasteiger partial charge is 0.156 e. The molecule has 5 aliphatic rings. The number of rotatable bonds is 5. The maximum absolute atomic E-state index is 12.3. The summed E-state index contributed by atoms with van der Waals surface area (Å²) < 4.78 is 10.9. The highest BCUT2D eigenvalue weighted by molar-refractivity contribution is 5.22. The van der Waals surface area contributed by atoms with Crippen molar-refractivity contribution in [2.45, 2.75) is 108 Å². The van der Waals surface area contributed by atoms with E-state index in [-0.39, 0.29) is 23.2 Å². The van der Waals surface area contributed by atoms with E-state index in [1.807, 2.05) is 0 Å². The van der Waals surface area contributed by atoms with Crippen molar-refractivity contribution in [1.82, 2.24) is 0 Å². The fraction of sp³-hybridized carbons (Fsp3) is 1.00. The summed E-state index contributed by atoms with van der Waals surface area (Å²) in [4.78, 5) is 0. The van der Waals surface area contributed by atoms with Crippen molar-refractivity contribution in [3.05, 3.63) is 0 Å². The molecule has 5 rings (SSSR count). The molecule has 0 saturated heterocycles. The molecule has 0 amide bonds. The molecule has 3 N–H and O–H groups in total. The highest BCUT2D eigenvalue weighted by Crippen LogP contribution is 2.75. The third-order valence-corrected chi connectivity index (χ3v) is 11.7. The van der Waals surface area contributed by atoms with Crippen LogP contribution >= 0.6 is 0 Å². The lowest BCUT2D eigenvalue weighted by Gasteiger charge is -2.64. The quantitative estimate of drug-likeness (QED) is 0.570. The lowest BCUT2D eigenvalue weighted by molar-refractivity contribution is -0.230. The average molecular weight is 437 g/mol. The molecule has 0 aromatic rings. The van der Waals surface area contributed by atoms with E-state index in [0.717, 1.165) is 57.8 Å². The van der Waals surface area contributed by atoms with Crippen LogP contribution in [0.4, 0.5) is 0 Å². The van der Waals surface area contributed by atoms with Gasteiger partial charge in [-0.15, -0.1) is 0 Å².